The predicted octanol–water partition coefficient (Wildman–Crippen LogP) is 3.05. The lowest BCUT2D eigenvalue weighted by Crippen LogP contribution is -2.31. The molecule has 1 heterocycles. The second-order valence-electron chi connectivity index (χ2n) is 4.78. The summed E-state index contributed by atoms with van der Waals surface area (Å²) in [7, 11) is 1.76. The van der Waals surface area contributed by atoms with Crippen molar-refractivity contribution >= 4 is 5.91 Å². The monoisotopic (exact) mass is 273 g/mol. The first-order chi connectivity index (χ1) is 9.58. The average Bonchev–Trinajstić information content (AvgIpc) is 2.84. The van der Waals surface area contributed by atoms with Gasteiger partial charge in [-0.2, -0.15) is 0 Å². The average molecular weight is 273 g/mol. The Morgan fingerprint density at radius 1 is 1.30 bits per heavy atom. The van der Waals surface area contributed by atoms with Gasteiger partial charge < -0.3 is 14.1 Å². The topological polar surface area (TPSA) is 42.7 Å². The maximum absolute atomic E-state index is 12.1. The maximum Gasteiger partial charge on any atom is 0.257 e. The van der Waals surface area contributed by atoms with Gasteiger partial charge in [0.2, 0.25) is 0 Å². The molecule has 0 saturated carbocycles. The largest absolute Gasteiger partial charge is 0.492 e. The number of likely N-dealkylation sites (N-methyl/N-ethyl adjacent to an activating group) is 1. The van der Waals surface area contributed by atoms with Gasteiger partial charge in [-0.3, -0.25) is 4.79 Å². The van der Waals surface area contributed by atoms with Crippen LogP contribution in [0.1, 0.15) is 21.7 Å². The molecule has 4 nitrogen and oxygen atoms in total. The number of aryl methyl sites for hydroxylation is 2. The van der Waals surface area contributed by atoms with E-state index in [2.05, 4.69) is 0 Å². The summed E-state index contributed by atoms with van der Waals surface area (Å²) in [6.07, 6.45) is 1.53. The van der Waals surface area contributed by atoms with E-state index >= 15 is 0 Å². The lowest BCUT2D eigenvalue weighted by Gasteiger charge is -2.17. The van der Waals surface area contributed by atoms with E-state index in [9.17, 15) is 4.79 Å². The van der Waals surface area contributed by atoms with Gasteiger partial charge in [0.1, 0.15) is 18.1 Å². The van der Waals surface area contributed by atoms with E-state index in [1.165, 1.54) is 6.26 Å². The lowest BCUT2D eigenvalue weighted by atomic mass is 10.2. The zero-order chi connectivity index (χ0) is 14.5. The number of ether oxygens (including phenoxy) is 1. The molecule has 20 heavy (non-hydrogen) atoms. The van der Waals surface area contributed by atoms with Crippen LogP contribution in [-0.2, 0) is 0 Å². The first-order valence-corrected chi connectivity index (χ1v) is 6.57. The number of carbonyl (C=O) groups excluding carboxylic acids is 1. The predicted molar refractivity (Wildman–Crippen MR) is 77.1 cm³/mol. The van der Waals surface area contributed by atoms with Gasteiger partial charge in [0.05, 0.1) is 18.4 Å². The van der Waals surface area contributed by atoms with Crippen LogP contribution in [-0.4, -0.2) is 31.0 Å². The number of hydrogen-bond donors (Lipinski definition) is 0. The van der Waals surface area contributed by atoms with Crippen molar-refractivity contribution in [3.63, 3.8) is 0 Å². The highest BCUT2D eigenvalue weighted by molar-refractivity contribution is 5.94. The summed E-state index contributed by atoms with van der Waals surface area (Å²) >= 11 is 0. The second kappa shape index (κ2) is 6.28. The first kappa shape index (κ1) is 14.2. The molecule has 1 aromatic carbocycles. The van der Waals surface area contributed by atoms with E-state index in [1.54, 1.807) is 24.9 Å². The highest BCUT2D eigenvalue weighted by atomic mass is 16.5. The lowest BCUT2D eigenvalue weighted by molar-refractivity contribution is 0.0772. The van der Waals surface area contributed by atoms with E-state index in [0.29, 0.717) is 24.5 Å². The highest BCUT2D eigenvalue weighted by Crippen LogP contribution is 2.13. The Kier molecular flexibility index (Phi) is 4.45. The molecular formula is C16H19NO3. The Labute approximate surface area is 119 Å². The Hall–Kier alpha value is -2.23. The number of amides is 1. The van der Waals surface area contributed by atoms with Crippen molar-refractivity contribution in [2.24, 2.45) is 0 Å². The molecule has 0 spiro atoms. The molecule has 0 aliphatic rings. The van der Waals surface area contributed by atoms with E-state index in [0.717, 1.165) is 11.3 Å². The van der Waals surface area contributed by atoms with Crippen molar-refractivity contribution in [3.8, 4) is 5.75 Å². The standard InChI is InChI=1S/C16H19NO3/c1-12-5-4-6-14(11-12)20-10-8-17(3)16(18)15-7-9-19-13(15)2/h4-7,9,11H,8,10H2,1-3H3. The number of hydrogen-bond acceptors (Lipinski definition) is 3. The van der Waals surface area contributed by atoms with Crippen molar-refractivity contribution in [1.82, 2.24) is 4.90 Å². The van der Waals surface area contributed by atoms with E-state index in [4.69, 9.17) is 9.15 Å². The molecule has 1 amide bonds. The fourth-order valence-corrected chi connectivity index (χ4v) is 1.92. The molecule has 0 N–H and O–H groups in total. The van der Waals surface area contributed by atoms with Gasteiger partial charge in [0.25, 0.3) is 5.91 Å². The highest BCUT2D eigenvalue weighted by Gasteiger charge is 2.15. The molecule has 0 aliphatic heterocycles. The molecule has 1 aromatic heterocycles. The van der Waals surface area contributed by atoms with Gasteiger partial charge >= 0.3 is 0 Å². The summed E-state index contributed by atoms with van der Waals surface area (Å²) in [4.78, 5) is 13.8. The summed E-state index contributed by atoms with van der Waals surface area (Å²) in [5, 5.41) is 0. The van der Waals surface area contributed by atoms with Crippen LogP contribution in [0.4, 0.5) is 0 Å². The van der Waals surface area contributed by atoms with Gasteiger partial charge in [-0.05, 0) is 37.6 Å². The summed E-state index contributed by atoms with van der Waals surface area (Å²) in [5.41, 5.74) is 1.75. The van der Waals surface area contributed by atoms with Gasteiger partial charge in [-0.15, -0.1) is 0 Å². The van der Waals surface area contributed by atoms with Crippen molar-refractivity contribution < 1.29 is 13.9 Å². The fraction of sp³-hybridized carbons (Fsp3) is 0.312. The third-order valence-corrected chi connectivity index (χ3v) is 3.12. The van der Waals surface area contributed by atoms with Gasteiger partial charge in [-0.1, -0.05) is 12.1 Å². The van der Waals surface area contributed by atoms with Crippen LogP contribution in [0.15, 0.2) is 41.0 Å². The van der Waals surface area contributed by atoms with Crippen LogP contribution in [0, 0.1) is 13.8 Å². The molecule has 0 radical (unpaired) electrons. The molecule has 2 rings (SSSR count). The molecule has 0 bridgehead atoms. The first-order valence-electron chi connectivity index (χ1n) is 6.57. The minimum atomic E-state index is -0.0518. The van der Waals surface area contributed by atoms with E-state index < -0.39 is 0 Å². The molecule has 106 valence electrons. The summed E-state index contributed by atoms with van der Waals surface area (Å²) < 4.78 is 10.8. The zero-order valence-corrected chi connectivity index (χ0v) is 12.1. The molecule has 0 fully saturated rings. The number of benzene rings is 1. The Morgan fingerprint density at radius 3 is 2.75 bits per heavy atom. The zero-order valence-electron chi connectivity index (χ0n) is 12.1. The van der Waals surface area contributed by atoms with Crippen LogP contribution in [0.5, 0.6) is 5.75 Å². The molecule has 0 saturated heterocycles. The van der Waals surface area contributed by atoms with Crippen LogP contribution in [0.3, 0.4) is 0 Å². The van der Waals surface area contributed by atoms with Crippen LogP contribution in [0.25, 0.3) is 0 Å². The summed E-state index contributed by atoms with van der Waals surface area (Å²) in [6, 6.07) is 9.55. The Morgan fingerprint density at radius 2 is 2.10 bits per heavy atom. The number of furan rings is 1. The molecule has 0 atom stereocenters. The third kappa shape index (κ3) is 3.41. The van der Waals surface area contributed by atoms with Crippen molar-refractivity contribution in [1.29, 1.82) is 0 Å². The fourth-order valence-electron chi connectivity index (χ4n) is 1.92. The summed E-state index contributed by atoms with van der Waals surface area (Å²) in [6.45, 7) is 4.79. The SMILES string of the molecule is Cc1cccc(OCCN(C)C(=O)c2ccoc2C)c1. The van der Waals surface area contributed by atoms with E-state index in [-0.39, 0.29) is 5.91 Å². The van der Waals surface area contributed by atoms with Crippen molar-refractivity contribution in [3.05, 3.63) is 53.5 Å². The van der Waals surface area contributed by atoms with Crippen LogP contribution in [0.2, 0.25) is 0 Å². The quantitative estimate of drug-likeness (QED) is 0.841. The summed E-state index contributed by atoms with van der Waals surface area (Å²) in [5.74, 6) is 1.41. The van der Waals surface area contributed by atoms with Gasteiger partial charge in [-0.25, -0.2) is 0 Å². The third-order valence-electron chi connectivity index (χ3n) is 3.12. The molecular weight excluding hydrogens is 254 g/mol. The van der Waals surface area contributed by atoms with Crippen molar-refractivity contribution in [2.45, 2.75) is 13.8 Å². The minimum Gasteiger partial charge on any atom is -0.492 e. The number of nitrogens with zero attached hydrogens (tertiary/aromatic N) is 1. The minimum absolute atomic E-state index is 0.0518. The number of carbonyl (C=O) groups is 1. The molecule has 0 unspecified atom stereocenters. The molecule has 2 aromatic rings. The van der Waals surface area contributed by atoms with Crippen molar-refractivity contribution in [2.75, 3.05) is 20.2 Å². The smallest absolute Gasteiger partial charge is 0.257 e. The second-order valence-corrected chi connectivity index (χ2v) is 4.78. The normalized spacial score (nSPS) is 10.3. The molecule has 4 heteroatoms. The van der Waals surface area contributed by atoms with E-state index in [1.807, 2.05) is 31.2 Å². The maximum atomic E-state index is 12.1. The Balaban J connectivity index is 1.85. The number of rotatable bonds is 5. The molecule has 0 aliphatic carbocycles. The van der Waals surface area contributed by atoms with Gasteiger partial charge in [0.15, 0.2) is 0 Å². The Bertz CT molecular complexity index is 589. The van der Waals surface area contributed by atoms with Crippen LogP contribution >= 0.6 is 0 Å². The van der Waals surface area contributed by atoms with Gasteiger partial charge in [0, 0.05) is 7.05 Å². The van der Waals surface area contributed by atoms with Crippen LogP contribution < -0.4 is 4.74 Å².